The van der Waals surface area contributed by atoms with E-state index in [0.717, 1.165) is 31.2 Å². The van der Waals surface area contributed by atoms with Crippen LogP contribution >= 0.6 is 0 Å². The van der Waals surface area contributed by atoms with Crippen molar-refractivity contribution in [1.29, 1.82) is 0 Å². The number of para-hydroxylation sites is 1. The topological polar surface area (TPSA) is 93.5 Å². The van der Waals surface area contributed by atoms with Crippen LogP contribution in [0.5, 0.6) is 0 Å². The number of ether oxygens (including phenoxy) is 1. The third-order valence-corrected chi connectivity index (χ3v) is 6.43. The molecule has 1 aromatic carbocycles. The van der Waals surface area contributed by atoms with Crippen molar-refractivity contribution in [2.75, 3.05) is 11.5 Å². The zero-order valence-corrected chi connectivity index (χ0v) is 18.9. The number of anilines is 1. The molecular formula is C24H30N4O4. The zero-order chi connectivity index (χ0) is 22.9. The predicted octanol–water partition coefficient (Wildman–Crippen LogP) is 3.10. The highest BCUT2D eigenvalue weighted by molar-refractivity contribution is 6.12. The Kier molecular flexibility index (Phi) is 6.04. The Morgan fingerprint density at radius 1 is 1.22 bits per heavy atom. The van der Waals surface area contributed by atoms with Crippen LogP contribution in [0.2, 0.25) is 0 Å². The molecule has 1 atom stereocenters. The van der Waals surface area contributed by atoms with Crippen molar-refractivity contribution >= 4 is 23.5 Å². The average Bonchev–Trinajstić information content (AvgIpc) is 3.44. The second kappa shape index (κ2) is 8.76. The van der Waals surface area contributed by atoms with Gasteiger partial charge in [0, 0.05) is 17.8 Å². The number of fused-ring (bicyclic) bond motifs is 1. The third kappa shape index (κ3) is 3.78. The van der Waals surface area contributed by atoms with E-state index in [-0.39, 0.29) is 42.4 Å². The van der Waals surface area contributed by atoms with Gasteiger partial charge < -0.3 is 10.1 Å². The van der Waals surface area contributed by atoms with Crippen LogP contribution in [-0.4, -0.2) is 45.8 Å². The number of esters is 1. The molecule has 1 aromatic heterocycles. The second-order valence-corrected chi connectivity index (χ2v) is 8.64. The number of nitrogens with one attached hydrogen (secondary N) is 1. The highest BCUT2D eigenvalue weighted by atomic mass is 16.5. The number of benzene rings is 1. The summed E-state index contributed by atoms with van der Waals surface area (Å²) in [4.78, 5) is 41.2. The molecule has 0 radical (unpaired) electrons. The largest absolute Gasteiger partial charge is 0.461 e. The number of amides is 2. The van der Waals surface area contributed by atoms with E-state index in [1.807, 2.05) is 31.2 Å². The van der Waals surface area contributed by atoms with Crippen LogP contribution in [-0.2, 0) is 22.5 Å². The van der Waals surface area contributed by atoms with Crippen LogP contribution in [0.3, 0.4) is 0 Å². The van der Waals surface area contributed by atoms with Crippen molar-refractivity contribution in [3.05, 3.63) is 47.3 Å². The third-order valence-electron chi connectivity index (χ3n) is 6.43. The van der Waals surface area contributed by atoms with Gasteiger partial charge in [-0.3, -0.25) is 19.2 Å². The van der Waals surface area contributed by atoms with Crippen molar-refractivity contribution in [3.63, 3.8) is 0 Å². The molecule has 2 aromatic rings. The lowest BCUT2D eigenvalue weighted by atomic mass is 9.92. The minimum atomic E-state index is -1.20. The number of nitrogens with zero attached hydrogens (tertiary/aromatic N) is 3. The Balaban J connectivity index is 1.79. The fourth-order valence-corrected chi connectivity index (χ4v) is 4.70. The van der Waals surface area contributed by atoms with Gasteiger partial charge in [-0.2, -0.15) is 5.10 Å². The van der Waals surface area contributed by atoms with Crippen LogP contribution in [0.1, 0.15) is 73.0 Å². The lowest BCUT2D eigenvalue weighted by Gasteiger charge is -2.44. The maximum Gasteiger partial charge on any atom is 0.358 e. The number of carbonyl (C=O) groups excluding carboxylic acids is 3. The molecular weight excluding hydrogens is 408 g/mol. The van der Waals surface area contributed by atoms with E-state index in [1.54, 1.807) is 18.7 Å². The van der Waals surface area contributed by atoms with Gasteiger partial charge in [-0.25, -0.2) is 4.79 Å². The molecule has 0 saturated heterocycles. The molecule has 1 fully saturated rings. The molecule has 1 aliphatic carbocycles. The normalized spacial score (nSPS) is 20.8. The zero-order valence-electron chi connectivity index (χ0n) is 18.9. The maximum atomic E-state index is 13.8. The van der Waals surface area contributed by atoms with Crippen LogP contribution in [0.4, 0.5) is 5.69 Å². The molecule has 2 amide bonds. The van der Waals surface area contributed by atoms with Gasteiger partial charge in [0.2, 0.25) is 5.91 Å². The summed E-state index contributed by atoms with van der Waals surface area (Å²) in [5, 5.41) is 7.48. The van der Waals surface area contributed by atoms with Gasteiger partial charge >= 0.3 is 5.97 Å². The Bertz CT molecular complexity index is 1040. The highest BCUT2D eigenvalue weighted by Crippen LogP contribution is 2.35. The summed E-state index contributed by atoms with van der Waals surface area (Å²) in [6.07, 6.45) is 4.79. The Labute approximate surface area is 187 Å². The van der Waals surface area contributed by atoms with E-state index in [9.17, 15) is 14.4 Å². The fraction of sp³-hybridized carbons (Fsp3) is 0.500. The summed E-state index contributed by atoms with van der Waals surface area (Å²) in [5.41, 5.74) is 0.814. The minimum Gasteiger partial charge on any atom is -0.461 e. The quantitative estimate of drug-likeness (QED) is 0.700. The molecule has 2 heterocycles. The summed E-state index contributed by atoms with van der Waals surface area (Å²) in [5.74, 6) is -1.15. The summed E-state index contributed by atoms with van der Waals surface area (Å²) in [7, 11) is 0. The van der Waals surface area contributed by atoms with E-state index in [0.29, 0.717) is 12.1 Å². The standard InChI is InChI=1S/C24H30N4O4/c1-4-16-10-6-9-13-19(16)28-21(29)20-14-18(22(30)32-5-2)26-27(20)15-24(28,3)23(31)25-17-11-7-8-12-17/h6,9-10,13-14,17H,4-5,7-8,11-12,15H2,1-3H3,(H,25,31)/t24-/m1/s1. The van der Waals surface area contributed by atoms with E-state index >= 15 is 0 Å². The molecule has 32 heavy (non-hydrogen) atoms. The summed E-state index contributed by atoms with van der Waals surface area (Å²) >= 11 is 0. The molecule has 0 bridgehead atoms. The first-order valence-electron chi connectivity index (χ1n) is 11.4. The lowest BCUT2D eigenvalue weighted by molar-refractivity contribution is -0.127. The Morgan fingerprint density at radius 2 is 1.94 bits per heavy atom. The van der Waals surface area contributed by atoms with Gasteiger partial charge in [-0.05, 0) is 44.7 Å². The van der Waals surface area contributed by atoms with Crippen LogP contribution in [0.25, 0.3) is 0 Å². The average molecular weight is 439 g/mol. The molecule has 8 nitrogen and oxygen atoms in total. The number of carbonyl (C=O) groups is 3. The van der Waals surface area contributed by atoms with Gasteiger partial charge in [0.05, 0.1) is 13.2 Å². The molecule has 1 saturated carbocycles. The Morgan fingerprint density at radius 3 is 2.62 bits per heavy atom. The SMILES string of the molecule is CCOC(=O)c1cc2n(n1)C[C@](C)(C(=O)NC1CCCC1)N(c1ccccc1CC)C2=O. The van der Waals surface area contributed by atoms with Crippen LogP contribution < -0.4 is 10.2 Å². The molecule has 0 unspecified atom stereocenters. The lowest BCUT2D eigenvalue weighted by Crippen LogP contribution is -2.65. The van der Waals surface area contributed by atoms with Crippen LogP contribution in [0.15, 0.2) is 30.3 Å². The summed E-state index contributed by atoms with van der Waals surface area (Å²) in [6.45, 7) is 5.87. The minimum absolute atomic E-state index is 0.0689. The molecule has 2 aliphatic rings. The molecule has 1 N–H and O–H groups in total. The van der Waals surface area contributed by atoms with Gasteiger partial charge in [0.25, 0.3) is 5.91 Å². The predicted molar refractivity (Wildman–Crippen MR) is 120 cm³/mol. The number of hydrogen-bond donors (Lipinski definition) is 1. The van der Waals surface area contributed by atoms with Gasteiger partial charge in [0.1, 0.15) is 11.2 Å². The fourth-order valence-electron chi connectivity index (χ4n) is 4.70. The summed E-state index contributed by atoms with van der Waals surface area (Å²) in [6, 6.07) is 9.20. The first-order chi connectivity index (χ1) is 15.4. The van der Waals surface area contributed by atoms with Gasteiger partial charge in [-0.15, -0.1) is 0 Å². The smallest absolute Gasteiger partial charge is 0.358 e. The van der Waals surface area contributed by atoms with Crippen molar-refractivity contribution in [2.24, 2.45) is 0 Å². The molecule has 0 spiro atoms. The number of aryl methyl sites for hydroxylation is 1. The Hall–Kier alpha value is -3.16. The van der Waals surface area contributed by atoms with E-state index in [1.165, 1.54) is 10.7 Å². The van der Waals surface area contributed by atoms with Gasteiger partial charge in [-0.1, -0.05) is 38.0 Å². The first-order valence-corrected chi connectivity index (χ1v) is 11.4. The van der Waals surface area contributed by atoms with Gasteiger partial charge in [0.15, 0.2) is 5.69 Å². The van der Waals surface area contributed by atoms with E-state index < -0.39 is 11.5 Å². The van der Waals surface area contributed by atoms with E-state index in [2.05, 4.69) is 10.4 Å². The van der Waals surface area contributed by atoms with Crippen molar-refractivity contribution in [2.45, 2.75) is 71.0 Å². The highest BCUT2D eigenvalue weighted by Gasteiger charge is 2.50. The second-order valence-electron chi connectivity index (χ2n) is 8.64. The number of rotatable bonds is 6. The van der Waals surface area contributed by atoms with Crippen molar-refractivity contribution in [1.82, 2.24) is 15.1 Å². The number of aromatic nitrogens is 2. The van der Waals surface area contributed by atoms with E-state index in [4.69, 9.17) is 4.74 Å². The van der Waals surface area contributed by atoms with Crippen LogP contribution in [0, 0.1) is 0 Å². The van der Waals surface area contributed by atoms with Crippen molar-refractivity contribution < 1.29 is 19.1 Å². The monoisotopic (exact) mass is 438 g/mol. The molecule has 1 aliphatic heterocycles. The van der Waals surface area contributed by atoms with Crippen molar-refractivity contribution in [3.8, 4) is 0 Å². The molecule has 4 rings (SSSR count). The first kappa shape index (κ1) is 22.0. The molecule has 170 valence electrons. The maximum absolute atomic E-state index is 13.8. The summed E-state index contributed by atoms with van der Waals surface area (Å²) < 4.78 is 6.52. The number of hydrogen-bond acceptors (Lipinski definition) is 5. The molecule has 8 heteroatoms.